The summed E-state index contributed by atoms with van der Waals surface area (Å²) in [7, 11) is 0. The van der Waals surface area contributed by atoms with E-state index in [0.29, 0.717) is 5.65 Å². The molecule has 2 rings (SSSR count). The van der Waals surface area contributed by atoms with Gasteiger partial charge in [0.15, 0.2) is 11.5 Å². The SMILES string of the molecule is Fc1cccn2ccnc12.O. The van der Waals surface area contributed by atoms with Gasteiger partial charge in [0, 0.05) is 18.6 Å². The predicted molar refractivity (Wildman–Crippen MR) is 38.8 cm³/mol. The first-order valence-corrected chi connectivity index (χ1v) is 2.95. The minimum atomic E-state index is -0.285. The maximum absolute atomic E-state index is 12.7. The van der Waals surface area contributed by atoms with Gasteiger partial charge in [-0.1, -0.05) is 0 Å². The van der Waals surface area contributed by atoms with Crippen LogP contribution in [0.4, 0.5) is 4.39 Å². The van der Waals surface area contributed by atoms with Crippen LogP contribution in [0.15, 0.2) is 30.7 Å². The van der Waals surface area contributed by atoms with Crippen molar-refractivity contribution in [3.63, 3.8) is 0 Å². The molecule has 2 N–H and O–H groups in total. The smallest absolute Gasteiger partial charge is 0.173 e. The molecule has 58 valence electrons. The fraction of sp³-hybridized carbons (Fsp3) is 0. The van der Waals surface area contributed by atoms with E-state index < -0.39 is 0 Å². The predicted octanol–water partition coefficient (Wildman–Crippen LogP) is 0.649. The van der Waals surface area contributed by atoms with E-state index in [1.54, 1.807) is 29.1 Å². The second kappa shape index (κ2) is 2.67. The van der Waals surface area contributed by atoms with Crippen molar-refractivity contribution in [1.29, 1.82) is 0 Å². The molecule has 0 bridgehead atoms. The number of pyridine rings is 1. The van der Waals surface area contributed by atoms with E-state index in [9.17, 15) is 4.39 Å². The quantitative estimate of drug-likeness (QED) is 0.549. The molecular formula is C7H7FN2O. The van der Waals surface area contributed by atoms with Crippen LogP contribution in [-0.2, 0) is 0 Å². The summed E-state index contributed by atoms with van der Waals surface area (Å²) in [5.74, 6) is -0.285. The first kappa shape index (κ1) is 7.68. The van der Waals surface area contributed by atoms with Gasteiger partial charge in [-0.05, 0) is 12.1 Å². The standard InChI is InChI=1S/C7H5FN2.H2O/c8-6-2-1-4-10-5-3-9-7(6)10;/h1-5H;1H2. The van der Waals surface area contributed by atoms with Gasteiger partial charge in [-0.2, -0.15) is 0 Å². The summed E-state index contributed by atoms with van der Waals surface area (Å²) >= 11 is 0. The maximum Gasteiger partial charge on any atom is 0.173 e. The highest BCUT2D eigenvalue weighted by Gasteiger charge is 1.97. The number of imidazole rings is 1. The Bertz CT molecular complexity index is 358. The van der Waals surface area contributed by atoms with Crippen LogP contribution >= 0.6 is 0 Å². The van der Waals surface area contributed by atoms with Crippen molar-refractivity contribution in [2.75, 3.05) is 0 Å². The van der Waals surface area contributed by atoms with E-state index in [1.165, 1.54) is 6.07 Å². The van der Waals surface area contributed by atoms with E-state index in [1.807, 2.05) is 0 Å². The molecule has 4 heteroatoms. The fourth-order valence-electron chi connectivity index (χ4n) is 0.913. The average Bonchev–Trinajstić information content (AvgIpc) is 2.36. The van der Waals surface area contributed by atoms with Crippen LogP contribution in [0.5, 0.6) is 0 Å². The number of hydrogen-bond donors (Lipinski definition) is 0. The zero-order valence-corrected chi connectivity index (χ0v) is 5.66. The largest absolute Gasteiger partial charge is 0.412 e. The molecule has 0 aliphatic heterocycles. The first-order valence-electron chi connectivity index (χ1n) is 2.95. The Morgan fingerprint density at radius 2 is 2.18 bits per heavy atom. The van der Waals surface area contributed by atoms with Crippen molar-refractivity contribution in [3.05, 3.63) is 36.5 Å². The molecule has 3 nitrogen and oxygen atoms in total. The average molecular weight is 154 g/mol. The lowest BCUT2D eigenvalue weighted by Gasteiger charge is -1.90. The summed E-state index contributed by atoms with van der Waals surface area (Å²) in [6, 6.07) is 3.03. The van der Waals surface area contributed by atoms with Crippen LogP contribution in [0.1, 0.15) is 0 Å². The number of aromatic nitrogens is 2. The third-order valence-electron chi connectivity index (χ3n) is 1.37. The monoisotopic (exact) mass is 154 g/mol. The zero-order chi connectivity index (χ0) is 6.97. The third-order valence-corrected chi connectivity index (χ3v) is 1.37. The molecule has 0 saturated heterocycles. The molecule has 0 fully saturated rings. The minimum absolute atomic E-state index is 0. The summed E-state index contributed by atoms with van der Waals surface area (Å²) in [6.07, 6.45) is 5.03. The van der Waals surface area contributed by atoms with Crippen molar-refractivity contribution < 1.29 is 9.87 Å². The Hall–Kier alpha value is -1.42. The molecule has 2 aromatic rings. The van der Waals surface area contributed by atoms with Gasteiger partial charge in [-0.3, -0.25) is 0 Å². The van der Waals surface area contributed by atoms with Crippen molar-refractivity contribution in [3.8, 4) is 0 Å². The summed E-state index contributed by atoms with van der Waals surface area (Å²) < 4.78 is 14.4. The van der Waals surface area contributed by atoms with Crippen LogP contribution in [0.25, 0.3) is 5.65 Å². The lowest BCUT2D eigenvalue weighted by molar-refractivity contribution is 0.630. The first-order chi connectivity index (χ1) is 4.88. The van der Waals surface area contributed by atoms with Gasteiger partial charge in [0.25, 0.3) is 0 Å². The maximum atomic E-state index is 12.7. The minimum Gasteiger partial charge on any atom is -0.412 e. The molecule has 2 aromatic heterocycles. The van der Waals surface area contributed by atoms with Gasteiger partial charge in [0.1, 0.15) is 0 Å². The van der Waals surface area contributed by atoms with Gasteiger partial charge in [0.05, 0.1) is 0 Å². The van der Waals surface area contributed by atoms with Crippen molar-refractivity contribution >= 4 is 5.65 Å². The van der Waals surface area contributed by atoms with Gasteiger partial charge >= 0.3 is 0 Å². The molecule has 11 heavy (non-hydrogen) atoms. The van der Waals surface area contributed by atoms with Crippen LogP contribution < -0.4 is 0 Å². The lowest BCUT2D eigenvalue weighted by Crippen LogP contribution is -1.84. The summed E-state index contributed by atoms with van der Waals surface area (Å²) in [4.78, 5) is 3.81. The Labute approximate surface area is 62.4 Å². The van der Waals surface area contributed by atoms with Crippen LogP contribution in [-0.4, -0.2) is 14.9 Å². The van der Waals surface area contributed by atoms with Gasteiger partial charge in [-0.25, -0.2) is 9.37 Å². The van der Waals surface area contributed by atoms with Crippen LogP contribution in [0.3, 0.4) is 0 Å². The van der Waals surface area contributed by atoms with E-state index in [4.69, 9.17) is 0 Å². The topological polar surface area (TPSA) is 48.8 Å². The second-order valence-electron chi connectivity index (χ2n) is 2.01. The molecule has 0 unspecified atom stereocenters. The fourth-order valence-corrected chi connectivity index (χ4v) is 0.913. The van der Waals surface area contributed by atoms with Gasteiger partial charge in [-0.15, -0.1) is 0 Å². The number of nitrogens with zero attached hydrogens (tertiary/aromatic N) is 2. The Morgan fingerprint density at radius 1 is 1.36 bits per heavy atom. The van der Waals surface area contributed by atoms with Gasteiger partial charge < -0.3 is 9.88 Å². The van der Waals surface area contributed by atoms with E-state index in [0.717, 1.165) is 0 Å². The van der Waals surface area contributed by atoms with E-state index >= 15 is 0 Å². The highest BCUT2D eigenvalue weighted by atomic mass is 19.1. The van der Waals surface area contributed by atoms with E-state index in [-0.39, 0.29) is 11.3 Å². The molecule has 0 radical (unpaired) electrons. The number of hydrogen-bond acceptors (Lipinski definition) is 1. The molecule has 0 spiro atoms. The molecule has 0 aliphatic carbocycles. The normalized spacial score (nSPS) is 9.55. The Balaban J connectivity index is 0.000000605. The zero-order valence-electron chi connectivity index (χ0n) is 5.66. The van der Waals surface area contributed by atoms with E-state index in [2.05, 4.69) is 4.98 Å². The summed E-state index contributed by atoms with van der Waals surface area (Å²) in [6.45, 7) is 0. The highest BCUT2D eigenvalue weighted by molar-refractivity contribution is 5.39. The van der Waals surface area contributed by atoms with Crippen LogP contribution in [0.2, 0.25) is 0 Å². The van der Waals surface area contributed by atoms with Crippen molar-refractivity contribution in [1.82, 2.24) is 9.38 Å². The van der Waals surface area contributed by atoms with Crippen molar-refractivity contribution in [2.45, 2.75) is 0 Å². The van der Waals surface area contributed by atoms with Crippen LogP contribution in [0, 0.1) is 5.82 Å². The molecule has 0 atom stereocenters. The summed E-state index contributed by atoms with van der Waals surface area (Å²) in [5, 5.41) is 0. The molecule has 0 saturated carbocycles. The molecule has 0 amide bonds. The highest BCUT2D eigenvalue weighted by Crippen LogP contribution is 2.04. The van der Waals surface area contributed by atoms with Crippen molar-refractivity contribution in [2.24, 2.45) is 0 Å². The number of halogens is 1. The third kappa shape index (κ3) is 1.08. The molecule has 2 heterocycles. The summed E-state index contributed by atoms with van der Waals surface area (Å²) in [5.41, 5.74) is 0.377. The van der Waals surface area contributed by atoms with Gasteiger partial charge in [0.2, 0.25) is 0 Å². The molecule has 0 aliphatic rings. The number of rotatable bonds is 0. The Kier molecular flexibility index (Phi) is 1.87. The lowest BCUT2D eigenvalue weighted by atomic mass is 10.4. The molecule has 0 aromatic carbocycles. The molecular weight excluding hydrogens is 147 g/mol. The second-order valence-corrected chi connectivity index (χ2v) is 2.01. The Morgan fingerprint density at radius 3 is 2.91 bits per heavy atom. The number of fused-ring (bicyclic) bond motifs is 1.